The van der Waals surface area contributed by atoms with E-state index in [4.69, 9.17) is 0 Å². The normalized spacial score (nSPS) is 14.6. The molecule has 0 amide bonds. The van der Waals surface area contributed by atoms with Crippen LogP contribution in [0.3, 0.4) is 0 Å². The third-order valence-corrected chi connectivity index (χ3v) is 6.45. The predicted octanol–water partition coefficient (Wildman–Crippen LogP) is 4.01. The summed E-state index contributed by atoms with van der Waals surface area (Å²) in [4.78, 5) is 32.9. The SMILES string of the molecule is O=c1nc(N2CCCCC2)c2c(=O)c3ccccc3n(Cc3ccccc3)c2s1. The van der Waals surface area contributed by atoms with Gasteiger partial charge in [-0.3, -0.25) is 9.59 Å². The van der Waals surface area contributed by atoms with Gasteiger partial charge < -0.3 is 9.47 Å². The van der Waals surface area contributed by atoms with Gasteiger partial charge in [-0.2, -0.15) is 4.98 Å². The Morgan fingerprint density at radius 2 is 1.62 bits per heavy atom. The Morgan fingerprint density at radius 1 is 0.897 bits per heavy atom. The van der Waals surface area contributed by atoms with Gasteiger partial charge in [0.15, 0.2) is 0 Å². The number of hydrogen-bond donors (Lipinski definition) is 0. The van der Waals surface area contributed by atoms with E-state index < -0.39 is 0 Å². The fourth-order valence-electron chi connectivity index (χ4n) is 4.19. The molecule has 1 aliphatic rings. The van der Waals surface area contributed by atoms with E-state index in [2.05, 4.69) is 26.6 Å². The second kappa shape index (κ2) is 7.44. The fourth-order valence-corrected chi connectivity index (χ4v) is 5.04. The number of piperidine rings is 1. The van der Waals surface area contributed by atoms with Gasteiger partial charge in [0.25, 0.3) is 0 Å². The summed E-state index contributed by atoms with van der Waals surface area (Å²) < 4.78 is 2.10. The van der Waals surface area contributed by atoms with Crippen LogP contribution in [0.5, 0.6) is 0 Å². The molecule has 0 unspecified atom stereocenters. The lowest BCUT2D eigenvalue weighted by Gasteiger charge is -2.28. The smallest absolute Gasteiger partial charge is 0.330 e. The first-order valence-corrected chi connectivity index (χ1v) is 10.8. The Hall–Kier alpha value is -2.99. The fraction of sp³-hybridized carbons (Fsp3) is 0.261. The molecule has 5 rings (SSSR count). The number of aromatic nitrogens is 2. The first-order valence-electron chi connectivity index (χ1n) is 9.97. The van der Waals surface area contributed by atoms with E-state index in [-0.39, 0.29) is 10.3 Å². The standard InChI is InChI=1S/C23H21N3O2S/c27-20-17-11-5-6-12-18(17)26(15-16-9-3-1-4-10-16)22-19(20)21(24-23(28)29-22)25-13-7-2-8-14-25/h1,3-6,9-12H,2,7-8,13-15H2. The van der Waals surface area contributed by atoms with E-state index in [1.54, 1.807) is 0 Å². The molecule has 4 aromatic rings. The van der Waals surface area contributed by atoms with Gasteiger partial charge in [-0.25, -0.2) is 0 Å². The zero-order valence-electron chi connectivity index (χ0n) is 16.0. The number of pyridine rings is 1. The largest absolute Gasteiger partial charge is 0.356 e. The molecule has 0 spiro atoms. The Balaban J connectivity index is 1.86. The summed E-state index contributed by atoms with van der Waals surface area (Å²) >= 11 is 1.06. The number of para-hydroxylation sites is 1. The molecule has 0 bridgehead atoms. The van der Waals surface area contributed by atoms with Gasteiger partial charge in [0.1, 0.15) is 10.6 Å². The third-order valence-electron chi connectivity index (χ3n) is 5.57. The topological polar surface area (TPSA) is 55.2 Å². The minimum atomic E-state index is -0.255. The Kier molecular flexibility index (Phi) is 4.64. The molecule has 0 atom stereocenters. The lowest BCUT2D eigenvalue weighted by atomic mass is 10.1. The lowest BCUT2D eigenvalue weighted by molar-refractivity contribution is 0.574. The maximum Gasteiger partial charge on any atom is 0.330 e. The van der Waals surface area contributed by atoms with Crippen LogP contribution >= 0.6 is 11.3 Å². The van der Waals surface area contributed by atoms with Gasteiger partial charge in [0, 0.05) is 25.0 Å². The molecule has 0 N–H and O–H groups in total. The van der Waals surface area contributed by atoms with Crippen molar-refractivity contribution >= 4 is 38.3 Å². The van der Waals surface area contributed by atoms with E-state index in [9.17, 15) is 9.59 Å². The van der Waals surface area contributed by atoms with Crippen molar-refractivity contribution in [1.82, 2.24) is 9.55 Å². The molecule has 1 aliphatic heterocycles. The maximum atomic E-state index is 13.5. The van der Waals surface area contributed by atoms with Gasteiger partial charge >= 0.3 is 4.87 Å². The van der Waals surface area contributed by atoms with Gasteiger partial charge in [0.2, 0.25) is 5.43 Å². The number of nitrogens with zero attached hydrogens (tertiary/aromatic N) is 3. The summed E-state index contributed by atoms with van der Waals surface area (Å²) in [6.45, 7) is 2.26. The molecule has 1 fully saturated rings. The van der Waals surface area contributed by atoms with Gasteiger partial charge in [-0.1, -0.05) is 53.8 Å². The zero-order valence-corrected chi connectivity index (χ0v) is 16.8. The average Bonchev–Trinajstić information content (AvgIpc) is 2.77. The van der Waals surface area contributed by atoms with Crippen molar-refractivity contribution in [3.8, 4) is 0 Å². The van der Waals surface area contributed by atoms with Crippen molar-refractivity contribution in [2.45, 2.75) is 25.8 Å². The summed E-state index contributed by atoms with van der Waals surface area (Å²) in [7, 11) is 0. The van der Waals surface area contributed by atoms with Crippen molar-refractivity contribution in [2.24, 2.45) is 0 Å². The van der Waals surface area contributed by atoms with Gasteiger partial charge in [-0.05, 0) is 37.0 Å². The third kappa shape index (κ3) is 3.23. The molecule has 29 heavy (non-hydrogen) atoms. The highest BCUT2D eigenvalue weighted by molar-refractivity contribution is 7.15. The van der Waals surface area contributed by atoms with Crippen molar-refractivity contribution in [3.05, 3.63) is 80.1 Å². The molecule has 5 nitrogen and oxygen atoms in total. The zero-order chi connectivity index (χ0) is 19.8. The maximum absolute atomic E-state index is 13.5. The van der Waals surface area contributed by atoms with Crippen LogP contribution in [0.15, 0.2) is 64.2 Å². The number of benzene rings is 2. The lowest BCUT2D eigenvalue weighted by Crippen LogP contribution is -2.32. The second-order valence-corrected chi connectivity index (χ2v) is 8.39. The minimum Gasteiger partial charge on any atom is -0.356 e. The van der Waals surface area contributed by atoms with Crippen LogP contribution in [0.1, 0.15) is 24.8 Å². The average molecular weight is 404 g/mol. The first kappa shape index (κ1) is 18.1. The molecule has 0 radical (unpaired) electrons. The van der Waals surface area contributed by atoms with Crippen LogP contribution in [0, 0.1) is 0 Å². The molecule has 6 heteroatoms. The quantitative estimate of drug-likeness (QED) is 0.485. The van der Waals surface area contributed by atoms with Crippen LogP contribution in [-0.2, 0) is 6.54 Å². The van der Waals surface area contributed by atoms with Gasteiger partial charge in [0.05, 0.1) is 10.9 Å². The van der Waals surface area contributed by atoms with Crippen LogP contribution in [0.2, 0.25) is 0 Å². The second-order valence-electron chi connectivity index (χ2n) is 7.45. The molecule has 2 aromatic heterocycles. The Morgan fingerprint density at radius 3 is 2.41 bits per heavy atom. The van der Waals surface area contributed by atoms with Gasteiger partial charge in [-0.15, -0.1) is 0 Å². The van der Waals surface area contributed by atoms with E-state index in [0.717, 1.165) is 48.3 Å². The minimum absolute atomic E-state index is 0.0377. The van der Waals surface area contributed by atoms with Crippen molar-refractivity contribution in [3.63, 3.8) is 0 Å². The number of fused-ring (bicyclic) bond motifs is 2. The molecular weight excluding hydrogens is 382 g/mol. The van der Waals surface area contributed by atoms with Crippen molar-refractivity contribution in [1.29, 1.82) is 0 Å². The van der Waals surface area contributed by atoms with Crippen LogP contribution in [0.25, 0.3) is 21.1 Å². The molecular formula is C23H21N3O2S. The highest BCUT2D eigenvalue weighted by Crippen LogP contribution is 2.29. The number of hydrogen-bond acceptors (Lipinski definition) is 5. The highest BCUT2D eigenvalue weighted by Gasteiger charge is 2.22. The first-order chi connectivity index (χ1) is 14.2. The van der Waals surface area contributed by atoms with E-state index >= 15 is 0 Å². The van der Waals surface area contributed by atoms with Crippen LogP contribution in [0.4, 0.5) is 5.82 Å². The molecule has 0 aliphatic carbocycles. The summed E-state index contributed by atoms with van der Waals surface area (Å²) in [6, 6.07) is 17.8. The van der Waals surface area contributed by atoms with Crippen molar-refractivity contribution in [2.75, 3.05) is 18.0 Å². The molecule has 3 heterocycles. The monoisotopic (exact) mass is 403 g/mol. The number of anilines is 1. The van der Waals surface area contributed by atoms with E-state index in [0.29, 0.717) is 28.0 Å². The summed E-state index contributed by atoms with van der Waals surface area (Å²) in [5.41, 5.74) is 1.93. The van der Waals surface area contributed by atoms with E-state index in [1.807, 2.05) is 42.5 Å². The summed E-state index contributed by atoms with van der Waals surface area (Å²) in [5, 5.41) is 1.24. The van der Waals surface area contributed by atoms with Crippen LogP contribution in [-0.4, -0.2) is 22.6 Å². The van der Waals surface area contributed by atoms with E-state index in [1.165, 1.54) is 6.42 Å². The summed E-state index contributed by atoms with van der Waals surface area (Å²) in [6.07, 6.45) is 3.29. The highest BCUT2D eigenvalue weighted by atomic mass is 32.1. The Bertz CT molecular complexity index is 1310. The molecule has 2 aromatic carbocycles. The molecule has 0 saturated carbocycles. The predicted molar refractivity (Wildman–Crippen MR) is 119 cm³/mol. The molecule has 1 saturated heterocycles. The van der Waals surface area contributed by atoms with Crippen LogP contribution < -0.4 is 15.2 Å². The van der Waals surface area contributed by atoms with Crippen molar-refractivity contribution < 1.29 is 0 Å². The number of rotatable bonds is 3. The Labute approximate surface area is 171 Å². The molecule has 146 valence electrons. The summed E-state index contributed by atoms with van der Waals surface area (Å²) in [5.74, 6) is 0.556.